The van der Waals surface area contributed by atoms with Gasteiger partial charge in [0.15, 0.2) is 0 Å². The molecule has 2 atom stereocenters. The molecule has 2 nitrogen and oxygen atoms in total. The third kappa shape index (κ3) is 1.42. The Balaban J connectivity index is 1.72. The highest BCUT2D eigenvalue weighted by atomic mass is 16.3. The third-order valence-corrected chi connectivity index (χ3v) is 3.03. The molecular weight excluding hydrogens is 138 g/mol. The fraction of sp³-hybridized carbons (Fsp3) is 1.00. The Labute approximate surface area is 68.2 Å². The predicted octanol–water partition coefficient (Wildman–Crippen LogP) is 0.996. The van der Waals surface area contributed by atoms with Crippen LogP contribution in [0.15, 0.2) is 0 Å². The Morgan fingerprint density at radius 1 is 1.18 bits per heavy atom. The molecule has 1 aliphatic carbocycles. The van der Waals surface area contributed by atoms with Crippen LogP contribution >= 0.6 is 0 Å². The van der Waals surface area contributed by atoms with Crippen molar-refractivity contribution in [1.82, 2.24) is 4.90 Å². The van der Waals surface area contributed by atoms with E-state index in [4.69, 9.17) is 5.11 Å². The zero-order chi connectivity index (χ0) is 7.68. The molecule has 0 spiro atoms. The van der Waals surface area contributed by atoms with Crippen LogP contribution in [0.1, 0.15) is 32.1 Å². The molecule has 0 amide bonds. The molecule has 2 fully saturated rings. The van der Waals surface area contributed by atoms with Crippen molar-refractivity contribution in [2.75, 3.05) is 13.2 Å². The van der Waals surface area contributed by atoms with Crippen LogP contribution in [0.3, 0.4) is 0 Å². The lowest BCUT2D eigenvalue weighted by Gasteiger charge is -2.02. The van der Waals surface area contributed by atoms with E-state index in [1.807, 2.05) is 0 Å². The van der Waals surface area contributed by atoms with Crippen molar-refractivity contribution < 1.29 is 5.11 Å². The maximum atomic E-state index is 8.65. The van der Waals surface area contributed by atoms with Gasteiger partial charge in [0.05, 0.1) is 0 Å². The molecule has 1 saturated heterocycles. The van der Waals surface area contributed by atoms with E-state index in [-0.39, 0.29) is 0 Å². The highest BCUT2D eigenvalue weighted by Crippen LogP contribution is 2.39. The summed E-state index contributed by atoms with van der Waals surface area (Å²) in [6.07, 6.45) is 6.65. The van der Waals surface area contributed by atoms with Crippen LogP contribution < -0.4 is 0 Å². The minimum atomic E-state index is 0.357. The van der Waals surface area contributed by atoms with Gasteiger partial charge in [-0.3, -0.25) is 4.90 Å². The first kappa shape index (κ1) is 7.56. The number of hydrogen-bond donors (Lipinski definition) is 1. The van der Waals surface area contributed by atoms with E-state index in [9.17, 15) is 0 Å². The summed E-state index contributed by atoms with van der Waals surface area (Å²) in [5, 5.41) is 8.65. The molecule has 2 rings (SSSR count). The number of nitrogens with zero attached hydrogens (tertiary/aromatic N) is 1. The van der Waals surface area contributed by atoms with Gasteiger partial charge in [0.1, 0.15) is 0 Å². The summed E-state index contributed by atoms with van der Waals surface area (Å²) in [5.74, 6) is 0. The lowest BCUT2D eigenvalue weighted by molar-refractivity contribution is 0.272. The van der Waals surface area contributed by atoms with Crippen molar-refractivity contribution in [3.05, 3.63) is 0 Å². The van der Waals surface area contributed by atoms with Gasteiger partial charge in [0, 0.05) is 25.2 Å². The average molecular weight is 155 g/mol. The molecule has 0 aromatic rings. The predicted molar refractivity (Wildman–Crippen MR) is 44.5 cm³/mol. The highest BCUT2D eigenvalue weighted by Gasteiger charge is 2.47. The number of aliphatic hydroxyl groups is 1. The normalized spacial score (nSPS) is 41.7. The van der Waals surface area contributed by atoms with Crippen LogP contribution in [-0.4, -0.2) is 35.2 Å². The Bertz CT molecular complexity index is 126. The van der Waals surface area contributed by atoms with E-state index in [1.54, 1.807) is 0 Å². The van der Waals surface area contributed by atoms with Crippen molar-refractivity contribution in [3.8, 4) is 0 Å². The SMILES string of the molecule is OCCCN1C2CCCCC21. The molecule has 0 radical (unpaired) electrons. The maximum absolute atomic E-state index is 8.65. The van der Waals surface area contributed by atoms with Crippen LogP contribution in [0.25, 0.3) is 0 Å². The number of aliphatic hydroxyl groups excluding tert-OH is 1. The summed E-state index contributed by atoms with van der Waals surface area (Å²) in [6, 6.07) is 1.82. The van der Waals surface area contributed by atoms with Crippen LogP contribution in [-0.2, 0) is 0 Å². The largest absolute Gasteiger partial charge is 0.396 e. The number of hydrogen-bond acceptors (Lipinski definition) is 2. The van der Waals surface area contributed by atoms with E-state index in [0.717, 1.165) is 25.0 Å². The second kappa shape index (κ2) is 3.11. The second-order valence-corrected chi connectivity index (χ2v) is 3.73. The molecular formula is C9H17NO. The van der Waals surface area contributed by atoms with Gasteiger partial charge in [-0.2, -0.15) is 0 Å². The topological polar surface area (TPSA) is 23.2 Å². The van der Waals surface area contributed by atoms with Gasteiger partial charge >= 0.3 is 0 Å². The van der Waals surface area contributed by atoms with Crippen LogP contribution in [0, 0.1) is 0 Å². The summed E-state index contributed by atoms with van der Waals surface area (Å²) < 4.78 is 0. The fourth-order valence-electron chi connectivity index (χ4n) is 2.40. The van der Waals surface area contributed by atoms with Gasteiger partial charge in [-0.05, 0) is 19.3 Å². The summed E-state index contributed by atoms with van der Waals surface area (Å²) >= 11 is 0. The van der Waals surface area contributed by atoms with Crippen molar-refractivity contribution in [2.45, 2.75) is 44.2 Å². The van der Waals surface area contributed by atoms with Crippen LogP contribution in [0.4, 0.5) is 0 Å². The Kier molecular flexibility index (Phi) is 2.14. The smallest absolute Gasteiger partial charge is 0.0443 e. The van der Waals surface area contributed by atoms with Crippen molar-refractivity contribution in [3.63, 3.8) is 0 Å². The summed E-state index contributed by atoms with van der Waals surface area (Å²) in [6.45, 7) is 1.49. The van der Waals surface area contributed by atoms with Crippen molar-refractivity contribution in [1.29, 1.82) is 0 Å². The van der Waals surface area contributed by atoms with Gasteiger partial charge in [-0.15, -0.1) is 0 Å². The Morgan fingerprint density at radius 3 is 2.36 bits per heavy atom. The lowest BCUT2D eigenvalue weighted by Crippen LogP contribution is -2.05. The quantitative estimate of drug-likeness (QED) is 0.614. The van der Waals surface area contributed by atoms with Crippen LogP contribution in [0.2, 0.25) is 0 Å². The van der Waals surface area contributed by atoms with E-state index in [0.29, 0.717) is 6.61 Å². The van der Waals surface area contributed by atoms with E-state index >= 15 is 0 Å². The summed E-state index contributed by atoms with van der Waals surface area (Å²) in [7, 11) is 0. The lowest BCUT2D eigenvalue weighted by atomic mass is 10.0. The van der Waals surface area contributed by atoms with Crippen molar-refractivity contribution >= 4 is 0 Å². The molecule has 1 heterocycles. The molecule has 2 unspecified atom stereocenters. The molecule has 0 bridgehead atoms. The molecule has 2 aliphatic rings. The first-order valence-electron chi connectivity index (χ1n) is 4.80. The maximum Gasteiger partial charge on any atom is 0.0443 e. The monoisotopic (exact) mass is 155 g/mol. The summed E-state index contributed by atoms with van der Waals surface area (Å²) in [4.78, 5) is 2.56. The van der Waals surface area contributed by atoms with Crippen molar-refractivity contribution in [2.24, 2.45) is 0 Å². The van der Waals surface area contributed by atoms with Crippen LogP contribution in [0.5, 0.6) is 0 Å². The van der Waals surface area contributed by atoms with E-state index in [1.165, 1.54) is 25.7 Å². The summed E-state index contributed by atoms with van der Waals surface area (Å²) in [5.41, 5.74) is 0. The molecule has 1 saturated carbocycles. The number of rotatable bonds is 3. The standard InChI is InChI=1S/C9H17NO/c11-7-3-6-10-8-4-1-2-5-9(8)10/h8-9,11H,1-7H2. The first-order chi connectivity index (χ1) is 5.43. The molecule has 11 heavy (non-hydrogen) atoms. The Morgan fingerprint density at radius 2 is 1.82 bits per heavy atom. The minimum Gasteiger partial charge on any atom is -0.396 e. The molecule has 0 aromatic heterocycles. The number of fused-ring (bicyclic) bond motifs is 1. The second-order valence-electron chi connectivity index (χ2n) is 3.73. The minimum absolute atomic E-state index is 0.357. The zero-order valence-electron chi connectivity index (χ0n) is 7.00. The molecule has 2 heteroatoms. The average Bonchev–Trinajstić information content (AvgIpc) is 2.75. The Hall–Kier alpha value is -0.0800. The van der Waals surface area contributed by atoms with Gasteiger partial charge in [-0.25, -0.2) is 0 Å². The molecule has 64 valence electrons. The first-order valence-corrected chi connectivity index (χ1v) is 4.80. The van der Waals surface area contributed by atoms with E-state index < -0.39 is 0 Å². The number of likely N-dealkylation sites (tertiary alicyclic amines) is 1. The van der Waals surface area contributed by atoms with Gasteiger partial charge in [0.2, 0.25) is 0 Å². The van der Waals surface area contributed by atoms with Gasteiger partial charge in [-0.1, -0.05) is 12.8 Å². The van der Waals surface area contributed by atoms with Gasteiger partial charge < -0.3 is 5.11 Å². The van der Waals surface area contributed by atoms with E-state index in [2.05, 4.69) is 4.90 Å². The zero-order valence-corrected chi connectivity index (χ0v) is 7.00. The molecule has 1 N–H and O–H groups in total. The van der Waals surface area contributed by atoms with Gasteiger partial charge in [0.25, 0.3) is 0 Å². The third-order valence-electron chi connectivity index (χ3n) is 3.03. The molecule has 1 aliphatic heterocycles. The highest BCUT2D eigenvalue weighted by molar-refractivity contribution is 5.03. The molecule has 0 aromatic carbocycles. The fourth-order valence-corrected chi connectivity index (χ4v) is 2.40.